The molecule has 0 aromatic carbocycles. The summed E-state index contributed by atoms with van der Waals surface area (Å²) in [6.45, 7) is 2.54. The minimum absolute atomic E-state index is 0.0851. The first-order chi connectivity index (χ1) is 10.1. The Morgan fingerprint density at radius 2 is 2.38 bits per heavy atom. The van der Waals surface area contributed by atoms with Crippen molar-refractivity contribution in [2.75, 3.05) is 13.2 Å². The number of nitrogens with one attached hydrogen (secondary N) is 1. The zero-order chi connectivity index (χ0) is 15.2. The van der Waals surface area contributed by atoms with Crippen LogP contribution >= 0.6 is 11.6 Å². The molecule has 1 heterocycles. The van der Waals surface area contributed by atoms with Crippen LogP contribution in [0.1, 0.15) is 43.1 Å². The lowest BCUT2D eigenvalue weighted by Crippen LogP contribution is -2.37. The summed E-state index contributed by atoms with van der Waals surface area (Å²) in [6.07, 6.45) is 5.40. The molecule has 1 fully saturated rings. The van der Waals surface area contributed by atoms with E-state index in [1.54, 1.807) is 6.07 Å². The third-order valence-electron chi connectivity index (χ3n) is 3.42. The molecule has 1 atom stereocenters. The zero-order valence-electron chi connectivity index (χ0n) is 12.1. The number of carbonyl (C=O) groups is 1. The predicted molar refractivity (Wildman–Crippen MR) is 80.7 cm³/mol. The van der Waals surface area contributed by atoms with E-state index in [4.69, 9.17) is 16.3 Å². The van der Waals surface area contributed by atoms with Crippen molar-refractivity contribution in [1.82, 2.24) is 10.3 Å². The number of ether oxygens (including phenoxy) is 1. The molecule has 1 aromatic heterocycles. The van der Waals surface area contributed by atoms with Crippen molar-refractivity contribution in [3.05, 3.63) is 23.0 Å². The lowest BCUT2D eigenvalue weighted by atomic mass is 10.1. The summed E-state index contributed by atoms with van der Waals surface area (Å²) in [5, 5.41) is 12.4. The second-order valence-corrected chi connectivity index (χ2v) is 5.80. The van der Waals surface area contributed by atoms with Gasteiger partial charge < -0.3 is 15.2 Å². The molecule has 116 valence electrons. The van der Waals surface area contributed by atoms with Crippen molar-refractivity contribution in [3.8, 4) is 5.75 Å². The lowest BCUT2D eigenvalue weighted by molar-refractivity contribution is 0.0907. The highest BCUT2D eigenvalue weighted by Crippen LogP contribution is 2.31. The highest BCUT2D eigenvalue weighted by atomic mass is 35.5. The molecule has 0 radical (unpaired) electrons. The SMILES string of the molecule is CCCC(CO)NC(=O)c1cc(OCC2CC2)c(Cl)cn1. The largest absolute Gasteiger partial charge is 0.492 e. The van der Waals surface area contributed by atoms with Crippen LogP contribution in [0.2, 0.25) is 5.02 Å². The van der Waals surface area contributed by atoms with E-state index in [-0.39, 0.29) is 24.2 Å². The van der Waals surface area contributed by atoms with Crippen LogP contribution in [-0.2, 0) is 0 Å². The van der Waals surface area contributed by atoms with E-state index >= 15 is 0 Å². The maximum atomic E-state index is 12.1. The first-order valence-corrected chi connectivity index (χ1v) is 7.71. The third-order valence-corrected chi connectivity index (χ3v) is 3.70. The van der Waals surface area contributed by atoms with Gasteiger partial charge in [-0.05, 0) is 25.2 Å². The molecule has 1 aliphatic rings. The number of aliphatic hydroxyl groups excluding tert-OH is 1. The number of nitrogens with zero attached hydrogens (tertiary/aromatic N) is 1. The topological polar surface area (TPSA) is 71.5 Å². The molecule has 1 unspecified atom stereocenters. The molecule has 0 bridgehead atoms. The molecular weight excluding hydrogens is 292 g/mol. The minimum atomic E-state index is -0.324. The fourth-order valence-electron chi connectivity index (χ4n) is 1.96. The lowest BCUT2D eigenvalue weighted by Gasteiger charge is -2.15. The van der Waals surface area contributed by atoms with Crippen molar-refractivity contribution < 1.29 is 14.6 Å². The molecule has 6 heteroatoms. The summed E-state index contributed by atoms with van der Waals surface area (Å²) in [5.74, 6) is 0.769. The van der Waals surface area contributed by atoms with E-state index < -0.39 is 0 Å². The van der Waals surface area contributed by atoms with E-state index in [1.165, 1.54) is 19.0 Å². The molecule has 5 nitrogen and oxygen atoms in total. The summed E-state index contributed by atoms with van der Waals surface area (Å²) in [6, 6.07) is 1.30. The normalized spacial score (nSPS) is 15.6. The summed E-state index contributed by atoms with van der Waals surface area (Å²) in [7, 11) is 0. The Morgan fingerprint density at radius 3 is 3.00 bits per heavy atom. The summed E-state index contributed by atoms with van der Waals surface area (Å²) in [5.41, 5.74) is 0.250. The molecule has 2 N–H and O–H groups in total. The number of pyridine rings is 1. The van der Waals surface area contributed by atoms with Gasteiger partial charge in [-0.15, -0.1) is 0 Å². The monoisotopic (exact) mass is 312 g/mol. The van der Waals surface area contributed by atoms with E-state index in [9.17, 15) is 9.90 Å². The van der Waals surface area contributed by atoms with Crippen molar-refractivity contribution in [1.29, 1.82) is 0 Å². The highest BCUT2D eigenvalue weighted by Gasteiger charge is 2.23. The molecular formula is C15H21ClN2O3. The fraction of sp³-hybridized carbons (Fsp3) is 0.600. The van der Waals surface area contributed by atoms with Crippen molar-refractivity contribution >= 4 is 17.5 Å². The average molecular weight is 313 g/mol. The summed E-state index contributed by atoms with van der Waals surface area (Å²) in [4.78, 5) is 16.1. The second-order valence-electron chi connectivity index (χ2n) is 5.40. The van der Waals surface area contributed by atoms with Gasteiger partial charge in [0.15, 0.2) is 0 Å². The minimum Gasteiger partial charge on any atom is -0.492 e. The number of hydrogen-bond donors (Lipinski definition) is 2. The quantitative estimate of drug-likeness (QED) is 0.773. The summed E-state index contributed by atoms with van der Waals surface area (Å²) < 4.78 is 5.63. The number of rotatable bonds is 8. The van der Waals surface area contributed by atoms with Crippen LogP contribution in [0, 0.1) is 5.92 Å². The molecule has 1 amide bonds. The molecule has 0 aliphatic heterocycles. The molecule has 1 saturated carbocycles. The molecule has 1 aromatic rings. The van der Waals surface area contributed by atoms with Crippen LogP contribution in [0.4, 0.5) is 0 Å². The van der Waals surface area contributed by atoms with Crippen LogP contribution in [0.25, 0.3) is 0 Å². The summed E-state index contributed by atoms with van der Waals surface area (Å²) >= 11 is 6.03. The van der Waals surface area contributed by atoms with E-state index in [1.807, 2.05) is 6.92 Å². The molecule has 0 saturated heterocycles. The van der Waals surface area contributed by atoms with Crippen molar-refractivity contribution in [3.63, 3.8) is 0 Å². The highest BCUT2D eigenvalue weighted by molar-refractivity contribution is 6.32. The van der Waals surface area contributed by atoms with Gasteiger partial charge in [0.25, 0.3) is 5.91 Å². The second kappa shape index (κ2) is 7.61. The van der Waals surface area contributed by atoms with Gasteiger partial charge in [-0.25, -0.2) is 4.98 Å². The number of aliphatic hydroxyl groups is 1. The Labute approximate surface area is 129 Å². The van der Waals surface area contributed by atoms with E-state index in [0.29, 0.717) is 23.3 Å². The van der Waals surface area contributed by atoms with Gasteiger partial charge in [-0.2, -0.15) is 0 Å². The van der Waals surface area contributed by atoms with Crippen LogP contribution in [0.15, 0.2) is 12.3 Å². The first-order valence-electron chi connectivity index (χ1n) is 7.34. The van der Waals surface area contributed by atoms with Gasteiger partial charge in [0.2, 0.25) is 0 Å². The Bertz CT molecular complexity index is 492. The predicted octanol–water partition coefficient (Wildman–Crippen LogP) is 2.41. The van der Waals surface area contributed by atoms with Crippen LogP contribution in [0.3, 0.4) is 0 Å². The maximum absolute atomic E-state index is 12.1. The van der Waals surface area contributed by atoms with Gasteiger partial charge in [0.05, 0.1) is 25.5 Å². The molecule has 21 heavy (non-hydrogen) atoms. The Balaban J connectivity index is 2.00. The number of hydrogen-bond acceptors (Lipinski definition) is 4. The number of carbonyl (C=O) groups excluding carboxylic acids is 1. The molecule has 0 spiro atoms. The number of amides is 1. The zero-order valence-corrected chi connectivity index (χ0v) is 12.9. The third kappa shape index (κ3) is 4.86. The smallest absolute Gasteiger partial charge is 0.270 e. The first kappa shape index (κ1) is 16.0. The number of aromatic nitrogens is 1. The van der Waals surface area contributed by atoms with Crippen LogP contribution in [0.5, 0.6) is 5.75 Å². The van der Waals surface area contributed by atoms with Crippen molar-refractivity contribution in [2.45, 2.75) is 38.6 Å². The Morgan fingerprint density at radius 1 is 1.62 bits per heavy atom. The van der Waals surface area contributed by atoms with Crippen molar-refractivity contribution in [2.24, 2.45) is 5.92 Å². The van der Waals surface area contributed by atoms with Gasteiger partial charge in [0, 0.05) is 6.07 Å². The molecule has 1 aliphatic carbocycles. The van der Waals surface area contributed by atoms with Gasteiger partial charge >= 0.3 is 0 Å². The van der Waals surface area contributed by atoms with Crippen LogP contribution < -0.4 is 10.1 Å². The molecule has 2 rings (SSSR count). The fourth-order valence-corrected chi connectivity index (χ4v) is 2.12. The van der Waals surface area contributed by atoms with Crippen LogP contribution in [-0.4, -0.2) is 35.3 Å². The van der Waals surface area contributed by atoms with Gasteiger partial charge in [0.1, 0.15) is 16.5 Å². The average Bonchev–Trinajstić information content (AvgIpc) is 3.30. The standard InChI is InChI=1S/C15H21ClN2O3/c1-2-3-11(8-19)18-15(20)13-6-14(12(16)7-17-13)21-9-10-4-5-10/h6-7,10-11,19H,2-5,8-9H2,1H3,(H,18,20). The Hall–Kier alpha value is -1.33. The van der Waals surface area contributed by atoms with E-state index in [2.05, 4.69) is 10.3 Å². The van der Waals surface area contributed by atoms with Gasteiger partial charge in [-0.1, -0.05) is 24.9 Å². The maximum Gasteiger partial charge on any atom is 0.270 e. The van der Waals surface area contributed by atoms with Gasteiger partial charge in [-0.3, -0.25) is 4.79 Å². The number of halogens is 1. The van der Waals surface area contributed by atoms with E-state index in [0.717, 1.165) is 12.8 Å². The Kier molecular flexibility index (Phi) is 5.82.